The maximum absolute atomic E-state index is 14.7. The number of aromatic hydroxyl groups is 1. The summed E-state index contributed by atoms with van der Waals surface area (Å²) in [6.07, 6.45) is 2.09. The van der Waals surface area contributed by atoms with Crippen molar-refractivity contribution in [1.82, 2.24) is 0 Å². The molecule has 1 N–H and O–H groups in total. The lowest BCUT2D eigenvalue weighted by Gasteiger charge is -2.49. The molecule has 2 saturated heterocycles. The number of halogens is 2. The highest BCUT2D eigenvalue weighted by atomic mass is 35.5. The van der Waals surface area contributed by atoms with Gasteiger partial charge in [-0.25, -0.2) is 9.29 Å². The number of methoxy groups -OCH3 is 2. The number of nitrogens with zero attached hydrogens (tertiary/aromatic N) is 2. The Labute approximate surface area is 286 Å². The molecular formula is C37H32ClFN2O8. The van der Waals surface area contributed by atoms with Crippen molar-refractivity contribution < 1.29 is 42.9 Å². The number of phenolic OH excluding ortho intramolecular Hbond substituents is 1. The predicted molar refractivity (Wildman–Crippen MR) is 176 cm³/mol. The van der Waals surface area contributed by atoms with Crippen LogP contribution in [0.3, 0.4) is 0 Å². The first-order chi connectivity index (χ1) is 23.3. The number of Topliss-reactive ketones (excluding diaryl/α,β-unsaturated/α-hetero) is 1. The second-order valence-electron chi connectivity index (χ2n) is 13.1. The first-order valence-electron chi connectivity index (χ1n) is 15.8. The Kier molecular flexibility index (Phi) is 7.66. The Balaban J connectivity index is 1.39. The van der Waals surface area contributed by atoms with Crippen LogP contribution in [0.2, 0.25) is 5.02 Å². The number of imide groups is 2. The summed E-state index contributed by atoms with van der Waals surface area (Å²) in [4.78, 5) is 71.3. The average molecular weight is 687 g/mol. The van der Waals surface area contributed by atoms with Crippen LogP contribution < -0.4 is 19.3 Å². The largest absolute Gasteiger partial charge is 0.507 e. The lowest BCUT2D eigenvalue weighted by molar-refractivity contribution is -0.131. The van der Waals surface area contributed by atoms with E-state index in [9.17, 15) is 33.5 Å². The van der Waals surface area contributed by atoms with Crippen molar-refractivity contribution >= 4 is 52.4 Å². The molecule has 0 spiro atoms. The zero-order valence-corrected chi connectivity index (χ0v) is 27.8. The molecule has 7 rings (SSSR count). The topological polar surface area (TPSA) is 131 Å². The SMILES string of the molecule is COc1cc(O)c([C@H]2C3=CC[C@@H]4C(=O)N(c5ccc(C(C)=O)cc5)C(=O)[C@@H]4[C@@H]3C[C@H]3C(=O)N(c4ccc(F)c(Cl)c4)C(=O)[C@@]23C)c(OC)c1. The van der Waals surface area contributed by atoms with Crippen LogP contribution in [0.5, 0.6) is 17.2 Å². The van der Waals surface area contributed by atoms with E-state index in [4.69, 9.17) is 21.1 Å². The molecule has 49 heavy (non-hydrogen) atoms. The van der Waals surface area contributed by atoms with Gasteiger partial charge >= 0.3 is 0 Å². The Bertz CT molecular complexity index is 2010. The third kappa shape index (κ3) is 4.62. The zero-order valence-electron chi connectivity index (χ0n) is 27.0. The number of carbonyl (C=O) groups is 5. The number of rotatable bonds is 6. The standard InChI is InChI=1S/C37H32ClFN2O8/c1-17(42)18-5-7-19(8-6-18)40-33(44)23-11-10-22-24(30(23)35(40)46)16-25-34(45)41(20-9-12-27(39)26(38)13-20)36(47)37(25,2)32(22)31-28(43)14-21(48-3)15-29(31)49-4/h5-10,12-15,23-25,30,32,43H,11,16H2,1-4H3/t23-,24+,25-,30-,32+,37+/m0/s1. The molecule has 3 aromatic rings. The van der Waals surface area contributed by atoms with Crippen molar-refractivity contribution in [2.45, 2.75) is 32.6 Å². The molecule has 0 unspecified atom stereocenters. The molecule has 3 fully saturated rings. The summed E-state index contributed by atoms with van der Waals surface area (Å²) >= 11 is 6.08. The van der Waals surface area contributed by atoms with Crippen LogP contribution in [0.4, 0.5) is 15.8 Å². The maximum atomic E-state index is 14.7. The number of phenols is 1. The van der Waals surface area contributed by atoms with Crippen LogP contribution >= 0.6 is 11.6 Å². The number of ketones is 1. The van der Waals surface area contributed by atoms with Gasteiger partial charge in [-0.1, -0.05) is 23.3 Å². The molecule has 4 aliphatic rings. The monoisotopic (exact) mass is 686 g/mol. The van der Waals surface area contributed by atoms with Crippen molar-refractivity contribution in [3.63, 3.8) is 0 Å². The lowest BCUT2D eigenvalue weighted by atomic mass is 9.51. The molecule has 6 atom stereocenters. The van der Waals surface area contributed by atoms with E-state index in [1.807, 2.05) is 6.08 Å². The molecule has 4 amide bonds. The minimum absolute atomic E-state index is 0.0609. The maximum Gasteiger partial charge on any atom is 0.241 e. The second-order valence-corrected chi connectivity index (χ2v) is 13.5. The molecule has 1 saturated carbocycles. The fourth-order valence-electron chi connectivity index (χ4n) is 8.46. The molecule has 3 aromatic carbocycles. The fourth-order valence-corrected chi connectivity index (χ4v) is 8.63. The fraction of sp³-hybridized carbons (Fsp3) is 0.324. The van der Waals surface area contributed by atoms with Crippen molar-refractivity contribution in [3.05, 3.63) is 88.2 Å². The number of allylic oxidation sites excluding steroid dienone is 2. The number of anilines is 2. The molecule has 0 aromatic heterocycles. The van der Waals surface area contributed by atoms with E-state index in [1.54, 1.807) is 37.3 Å². The summed E-state index contributed by atoms with van der Waals surface area (Å²) in [7, 11) is 2.84. The highest BCUT2D eigenvalue weighted by molar-refractivity contribution is 6.32. The summed E-state index contributed by atoms with van der Waals surface area (Å²) in [5.41, 5.74) is 0.217. The smallest absolute Gasteiger partial charge is 0.241 e. The van der Waals surface area contributed by atoms with Gasteiger partial charge in [-0.15, -0.1) is 0 Å². The van der Waals surface area contributed by atoms with Gasteiger partial charge in [0.05, 0.1) is 53.8 Å². The first kappa shape index (κ1) is 32.5. The molecule has 2 heterocycles. The Morgan fingerprint density at radius 3 is 2.24 bits per heavy atom. The van der Waals surface area contributed by atoms with Crippen LogP contribution in [0.15, 0.2) is 66.2 Å². The molecule has 0 bridgehead atoms. The van der Waals surface area contributed by atoms with Gasteiger partial charge in [0.15, 0.2) is 5.78 Å². The van der Waals surface area contributed by atoms with Gasteiger partial charge in [0.25, 0.3) is 0 Å². The van der Waals surface area contributed by atoms with Crippen LogP contribution in [0, 0.1) is 34.9 Å². The van der Waals surface area contributed by atoms with Gasteiger partial charge in [-0.05, 0) is 75.1 Å². The summed E-state index contributed by atoms with van der Waals surface area (Å²) in [6.45, 7) is 3.08. The summed E-state index contributed by atoms with van der Waals surface area (Å²) < 4.78 is 25.3. The van der Waals surface area contributed by atoms with Crippen LogP contribution in [0.25, 0.3) is 0 Å². The van der Waals surface area contributed by atoms with Crippen LogP contribution in [-0.4, -0.2) is 48.7 Å². The summed E-state index contributed by atoms with van der Waals surface area (Å²) in [5, 5.41) is 11.3. The number of ether oxygens (including phenoxy) is 2. The van der Waals surface area contributed by atoms with Gasteiger partial charge in [0.2, 0.25) is 23.6 Å². The quantitative estimate of drug-likeness (QED) is 0.195. The van der Waals surface area contributed by atoms with E-state index in [0.29, 0.717) is 22.6 Å². The van der Waals surface area contributed by atoms with Gasteiger partial charge < -0.3 is 14.6 Å². The number of hydrogen-bond donors (Lipinski definition) is 1. The Morgan fingerprint density at radius 2 is 1.61 bits per heavy atom. The molecular weight excluding hydrogens is 655 g/mol. The minimum Gasteiger partial charge on any atom is -0.507 e. The third-order valence-electron chi connectivity index (χ3n) is 10.8. The van der Waals surface area contributed by atoms with Gasteiger partial charge in [0.1, 0.15) is 23.1 Å². The van der Waals surface area contributed by atoms with Crippen LogP contribution in [0.1, 0.15) is 48.5 Å². The summed E-state index contributed by atoms with van der Waals surface area (Å²) in [5.74, 6) is -6.86. The Hall–Kier alpha value is -5.03. The predicted octanol–water partition coefficient (Wildman–Crippen LogP) is 5.84. The van der Waals surface area contributed by atoms with Crippen LogP contribution in [-0.2, 0) is 19.2 Å². The third-order valence-corrected chi connectivity index (χ3v) is 11.1. The summed E-state index contributed by atoms with van der Waals surface area (Å²) in [6, 6.07) is 12.8. The van der Waals surface area contributed by atoms with E-state index in [0.717, 1.165) is 15.9 Å². The molecule has 2 aliphatic carbocycles. The number of hydrogen-bond acceptors (Lipinski definition) is 8. The van der Waals surface area contributed by atoms with Crippen molar-refractivity contribution in [2.24, 2.45) is 29.1 Å². The normalized spacial score (nSPS) is 27.5. The van der Waals surface area contributed by atoms with Crippen molar-refractivity contribution in [1.29, 1.82) is 0 Å². The molecule has 252 valence electrons. The number of carbonyl (C=O) groups excluding carboxylic acids is 5. The van der Waals surface area contributed by atoms with Gasteiger partial charge in [-0.2, -0.15) is 0 Å². The highest BCUT2D eigenvalue weighted by Crippen LogP contribution is 2.65. The average Bonchev–Trinajstić information content (AvgIpc) is 3.45. The highest BCUT2D eigenvalue weighted by Gasteiger charge is 2.68. The number of amides is 4. The van der Waals surface area contributed by atoms with E-state index >= 15 is 0 Å². The van der Waals surface area contributed by atoms with E-state index in [2.05, 4.69) is 0 Å². The molecule has 2 aliphatic heterocycles. The first-order valence-corrected chi connectivity index (χ1v) is 16.2. The lowest BCUT2D eigenvalue weighted by Crippen LogP contribution is -2.49. The molecule has 10 nitrogen and oxygen atoms in total. The second kappa shape index (κ2) is 11.5. The molecule has 12 heteroatoms. The Morgan fingerprint density at radius 1 is 0.918 bits per heavy atom. The van der Waals surface area contributed by atoms with Gasteiger partial charge in [0, 0.05) is 29.2 Å². The molecule has 0 radical (unpaired) electrons. The number of fused-ring (bicyclic) bond motifs is 4. The van der Waals surface area contributed by atoms with E-state index in [1.165, 1.54) is 39.3 Å². The van der Waals surface area contributed by atoms with E-state index in [-0.39, 0.29) is 46.4 Å². The van der Waals surface area contributed by atoms with E-state index < -0.39 is 64.5 Å². The van der Waals surface area contributed by atoms with Gasteiger partial charge in [-0.3, -0.25) is 28.9 Å². The zero-order chi connectivity index (χ0) is 35.1. The van der Waals surface area contributed by atoms with Crippen molar-refractivity contribution in [2.75, 3.05) is 24.0 Å². The minimum atomic E-state index is -1.50. The number of benzene rings is 3. The van der Waals surface area contributed by atoms with Crippen molar-refractivity contribution in [3.8, 4) is 17.2 Å².